The van der Waals surface area contributed by atoms with Crippen molar-refractivity contribution in [2.24, 2.45) is 0 Å². The first-order valence-corrected chi connectivity index (χ1v) is 5.25. The lowest BCUT2D eigenvalue weighted by molar-refractivity contribution is 0.632. The molecule has 0 spiro atoms. The Morgan fingerprint density at radius 3 is 2.71 bits per heavy atom. The molecule has 0 N–H and O–H groups in total. The molecule has 0 saturated heterocycles. The average molecular weight is 208 g/mol. The summed E-state index contributed by atoms with van der Waals surface area (Å²) in [6.07, 6.45) is 10.5. The van der Waals surface area contributed by atoms with Crippen LogP contribution in [-0.4, -0.2) is 4.90 Å². The first-order chi connectivity index (χ1) is 6.66. The Morgan fingerprint density at radius 2 is 1.93 bits per heavy atom. The number of fused-ring (bicyclic) bond motifs is 1. The average Bonchev–Trinajstić information content (AvgIpc) is 2.26. The zero-order chi connectivity index (χ0) is 10.1. The van der Waals surface area contributed by atoms with Crippen LogP contribution in [0.4, 0.5) is 0 Å². The van der Waals surface area contributed by atoms with E-state index in [0.717, 1.165) is 17.9 Å². The maximum absolute atomic E-state index is 5.97. The summed E-state index contributed by atoms with van der Waals surface area (Å²) in [6.45, 7) is 4.35. The highest BCUT2D eigenvalue weighted by Gasteiger charge is 2.13. The van der Waals surface area contributed by atoms with Gasteiger partial charge >= 0.3 is 0 Å². The van der Waals surface area contributed by atoms with Gasteiger partial charge in [0, 0.05) is 18.1 Å². The predicted molar refractivity (Wildman–Crippen MR) is 60.6 cm³/mol. The normalized spacial score (nSPS) is 21.5. The van der Waals surface area contributed by atoms with Gasteiger partial charge in [-0.05, 0) is 44.4 Å². The molecule has 2 rings (SSSR count). The molecule has 2 aliphatic rings. The lowest BCUT2D eigenvalue weighted by Crippen LogP contribution is -2.11. The van der Waals surface area contributed by atoms with Crippen molar-refractivity contribution in [1.82, 2.24) is 4.90 Å². The summed E-state index contributed by atoms with van der Waals surface area (Å²) < 4.78 is 0. The largest absolute Gasteiger partial charge is 0.323 e. The Kier molecular flexibility index (Phi) is 2.51. The first kappa shape index (κ1) is 9.60. The van der Waals surface area contributed by atoms with Crippen molar-refractivity contribution in [3.05, 3.63) is 46.4 Å². The minimum absolute atomic E-state index is 0.785. The fourth-order valence-corrected chi connectivity index (χ4v) is 1.94. The maximum Gasteiger partial charge on any atom is 0.0572 e. The molecule has 14 heavy (non-hydrogen) atoms. The van der Waals surface area contributed by atoms with E-state index in [1.807, 2.05) is 12.3 Å². The molecular weight excluding hydrogens is 194 g/mol. The summed E-state index contributed by atoms with van der Waals surface area (Å²) in [4.78, 5) is 2.12. The van der Waals surface area contributed by atoms with Gasteiger partial charge < -0.3 is 4.90 Å². The van der Waals surface area contributed by atoms with E-state index in [4.69, 9.17) is 11.6 Å². The Bertz CT molecular complexity index is 372. The van der Waals surface area contributed by atoms with Crippen LogP contribution in [0.3, 0.4) is 0 Å². The summed E-state index contributed by atoms with van der Waals surface area (Å²) in [6, 6.07) is 0. The third-order valence-electron chi connectivity index (χ3n) is 2.63. The molecule has 0 aliphatic carbocycles. The predicted octanol–water partition coefficient (Wildman–Crippen LogP) is 3.91. The van der Waals surface area contributed by atoms with Crippen LogP contribution >= 0.6 is 11.6 Å². The van der Waals surface area contributed by atoms with Gasteiger partial charge in [0.2, 0.25) is 0 Å². The number of allylic oxidation sites excluding steroid dienone is 5. The highest BCUT2D eigenvalue weighted by molar-refractivity contribution is 6.31. The van der Waals surface area contributed by atoms with Gasteiger partial charge in [0.05, 0.1) is 5.03 Å². The van der Waals surface area contributed by atoms with Crippen molar-refractivity contribution in [2.75, 3.05) is 0 Å². The molecular formula is C12H14ClN. The molecule has 0 fully saturated rings. The highest BCUT2D eigenvalue weighted by Crippen LogP contribution is 2.28. The molecule has 0 radical (unpaired) electrons. The summed E-state index contributed by atoms with van der Waals surface area (Å²) in [5, 5.41) is 0.785. The lowest BCUT2D eigenvalue weighted by Gasteiger charge is -2.21. The number of rotatable bonds is 0. The molecule has 0 aromatic rings. The Morgan fingerprint density at radius 1 is 1.14 bits per heavy atom. The van der Waals surface area contributed by atoms with Gasteiger partial charge in [0.15, 0.2) is 0 Å². The van der Waals surface area contributed by atoms with Crippen LogP contribution in [0.5, 0.6) is 0 Å². The number of hydrogen-bond donors (Lipinski definition) is 0. The van der Waals surface area contributed by atoms with Crippen molar-refractivity contribution in [3.8, 4) is 0 Å². The molecule has 0 aromatic heterocycles. The Balaban J connectivity index is 2.43. The molecule has 0 amide bonds. The maximum atomic E-state index is 5.97. The van der Waals surface area contributed by atoms with Crippen LogP contribution < -0.4 is 0 Å². The van der Waals surface area contributed by atoms with Crippen molar-refractivity contribution < 1.29 is 0 Å². The van der Waals surface area contributed by atoms with Crippen LogP contribution in [0, 0.1) is 0 Å². The third kappa shape index (κ3) is 1.78. The van der Waals surface area contributed by atoms with Crippen LogP contribution in [0.1, 0.15) is 26.7 Å². The fourth-order valence-electron chi connectivity index (χ4n) is 1.77. The Labute approximate surface area is 90.0 Å². The quantitative estimate of drug-likeness (QED) is 0.582. The zero-order valence-electron chi connectivity index (χ0n) is 8.55. The molecule has 0 aromatic carbocycles. The number of halogens is 1. The van der Waals surface area contributed by atoms with Crippen LogP contribution in [-0.2, 0) is 0 Å². The van der Waals surface area contributed by atoms with E-state index in [1.165, 1.54) is 16.8 Å². The molecule has 2 aliphatic heterocycles. The van der Waals surface area contributed by atoms with Gasteiger partial charge in [-0.25, -0.2) is 0 Å². The molecule has 0 bridgehead atoms. The van der Waals surface area contributed by atoms with E-state index in [2.05, 4.69) is 31.0 Å². The smallest absolute Gasteiger partial charge is 0.0572 e. The third-order valence-corrected chi connectivity index (χ3v) is 2.86. The van der Waals surface area contributed by atoms with E-state index < -0.39 is 0 Å². The molecule has 0 atom stereocenters. The minimum atomic E-state index is 0.785. The topological polar surface area (TPSA) is 3.24 Å². The summed E-state index contributed by atoms with van der Waals surface area (Å²) in [7, 11) is 0. The van der Waals surface area contributed by atoms with E-state index >= 15 is 0 Å². The van der Waals surface area contributed by atoms with Gasteiger partial charge in [-0.1, -0.05) is 17.2 Å². The van der Waals surface area contributed by atoms with E-state index in [0.29, 0.717) is 0 Å². The molecule has 2 heterocycles. The van der Waals surface area contributed by atoms with Crippen molar-refractivity contribution in [1.29, 1.82) is 0 Å². The summed E-state index contributed by atoms with van der Waals surface area (Å²) in [5.74, 6) is 0. The van der Waals surface area contributed by atoms with Crippen molar-refractivity contribution in [3.63, 3.8) is 0 Å². The summed E-state index contributed by atoms with van der Waals surface area (Å²) >= 11 is 5.97. The van der Waals surface area contributed by atoms with Gasteiger partial charge in [0.1, 0.15) is 0 Å². The second-order valence-electron chi connectivity index (χ2n) is 3.90. The SMILES string of the molecule is CC1=CN2C=C(Cl)C=CC2=C(C)CC1. The monoisotopic (exact) mass is 207 g/mol. The van der Waals surface area contributed by atoms with Crippen LogP contribution in [0.15, 0.2) is 46.4 Å². The second kappa shape index (κ2) is 3.66. The van der Waals surface area contributed by atoms with Gasteiger partial charge in [-0.2, -0.15) is 0 Å². The van der Waals surface area contributed by atoms with Crippen LogP contribution in [0.25, 0.3) is 0 Å². The molecule has 2 heteroatoms. The fraction of sp³-hybridized carbons (Fsp3) is 0.333. The van der Waals surface area contributed by atoms with Crippen molar-refractivity contribution in [2.45, 2.75) is 26.7 Å². The first-order valence-electron chi connectivity index (χ1n) is 4.87. The molecule has 0 saturated carbocycles. The molecule has 0 unspecified atom stereocenters. The highest BCUT2D eigenvalue weighted by atomic mass is 35.5. The minimum Gasteiger partial charge on any atom is -0.323 e. The van der Waals surface area contributed by atoms with E-state index in [1.54, 1.807) is 0 Å². The number of hydrogen-bond acceptors (Lipinski definition) is 1. The second-order valence-corrected chi connectivity index (χ2v) is 4.33. The van der Waals surface area contributed by atoms with Gasteiger partial charge in [-0.15, -0.1) is 0 Å². The van der Waals surface area contributed by atoms with Gasteiger partial charge in [0.25, 0.3) is 0 Å². The van der Waals surface area contributed by atoms with Gasteiger partial charge in [-0.3, -0.25) is 0 Å². The van der Waals surface area contributed by atoms with E-state index in [-0.39, 0.29) is 0 Å². The number of nitrogens with zero attached hydrogens (tertiary/aromatic N) is 1. The standard InChI is InChI=1S/C12H14ClN/c1-9-3-4-10(2)12-6-5-11(13)8-14(12)7-9/h5-8H,3-4H2,1-2H3. The Hall–Kier alpha value is -0.950. The van der Waals surface area contributed by atoms with E-state index in [9.17, 15) is 0 Å². The zero-order valence-corrected chi connectivity index (χ0v) is 9.30. The molecule has 1 nitrogen and oxygen atoms in total. The lowest BCUT2D eigenvalue weighted by atomic mass is 10.1. The van der Waals surface area contributed by atoms with Crippen LogP contribution in [0.2, 0.25) is 0 Å². The van der Waals surface area contributed by atoms with Crippen molar-refractivity contribution >= 4 is 11.6 Å². The molecule has 74 valence electrons. The summed E-state index contributed by atoms with van der Waals surface area (Å²) in [5.41, 5.74) is 4.09.